The molecule has 0 atom stereocenters. The Kier molecular flexibility index (Phi) is 5.07. The van der Waals surface area contributed by atoms with Gasteiger partial charge in [-0.25, -0.2) is 9.97 Å². The minimum atomic E-state index is -0.709. The highest BCUT2D eigenvalue weighted by atomic mass is 15.2. The van der Waals surface area contributed by atoms with E-state index in [1.54, 1.807) is 0 Å². The Morgan fingerprint density at radius 3 is 1.72 bits per heavy atom. The molecule has 0 radical (unpaired) electrons. The first-order valence-electron chi connectivity index (χ1n) is 15.6. The van der Waals surface area contributed by atoms with Crippen LogP contribution in [0, 0.1) is 0 Å². The molecule has 0 saturated carbocycles. The molecule has 2 aliphatic rings. The molecule has 10 rings (SSSR count). The Morgan fingerprint density at radius 1 is 0.500 bits per heavy atom. The fourth-order valence-corrected chi connectivity index (χ4v) is 8.45. The highest BCUT2D eigenvalue weighted by Gasteiger charge is 2.50. The van der Waals surface area contributed by atoms with E-state index in [0.717, 1.165) is 22.4 Å². The van der Waals surface area contributed by atoms with Crippen LogP contribution in [-0.4, -0.2) is 24.7 Å². The van der Waals surface area contributed by atoms with E-state index in [1.165, 1.54) is 50.1 Å². The van der Waals surface area contributed by atoms with Gasteiger partial charge in [0.05, 0.1) is 17.4 Å². The number of hydrogen-bond donors (Lipinski definition) is 1. The normalized spacial score (nSPS) is 14.9. The standard InChI is InChI=1S/C41H27N5/c1-5-17-33-29(13-1)30-14-2-6-18-34(30)40(33,38-22-24-44-45-38)27-11-9-12-28(25-27)41(46-26-43-37-21-10-23-42-39(37)46)35-19-7-3-15-31(35)32-16-4-8-20-36(32)41/h1-26H,(H,44,45). The van der Waals surface area contributed by atoms with Crippen LogP contribution in [0.2, 0.25) is 0 Å². The molecule has 216 valence electrons. The number of aromatic nitrogens is 5. The Labute approximate surface area is 265 Å². The van der Waals surface area contributed by atoms with Crippen LogP contribution in [0.15, 0.2) is 158 Å². The van der Waals surface area contributed by atoms with Gasteiger partial charge in [0.15, 0.2) is 5.65 Å². The second-order valence-corrected chi connectivity index (χ2v) is 12.2. The van der Waals surface area contributed by atoms with E-state index in [-0.39, 0.29) is 0 Å². The summed E-state index contributed by atoms with van der Waals surface area (Å²) in [5.41, 5.74) is 13.6. The lowest BCUT2D eigenvalue weighted by atomic mass is 9.68. The van der Waals surface area contributed by atoms with Gasteiger partial charge in [-0.3, -0.25) is 9.67 Å². The molecule has 0 saturated heterocycles. The van der Waals surface area contributed by atoms with Crippen molar-refractivity contribution in [3.8, 4) is 22.3 Å². The van der Waals surface area contributed by atoms with Crippen LogP contribution in [0.1, 0.15) is 39.1 Å². The van der Waals surface area contributed by atoms with Crippen LogP contribution in [-0.2, 0) is 11.0 Å². The predicted molar refractivity (Wildman–Crippen MR) is 181 cm³/mol. The SMILES string of the molecule is c1cc(C2(c3ccn[nH]3)c3ccccc3-c3ccccc32)cc(C2(n3cnc4cccnc43)c3ccccc3-c3ccccc32)c1. The lowest BCUT2D eigenvalue weighted by molar-refractivity contribution is 0.537. The van der Waals surface area contributed by atoms with Crippen LogP contribution in [0.5, 0.6) is 0 Å². The number of aromatic amines is 1. The molecule has 0 aliphatic heterocycles. The topological polar surface area (TPSA) is 59.4 Å². The second-order valence-electron chi connectivity index (χ2n) is 12.2. The van der Waals surface area contributed by atoms with E-state index in [2.05, 4.69) is 142 Å². The summed E-state index contributed by atoms with van der Waals surface area (Å²) in [6.45, 7) is 0. The maximum atomic E-state index is 4.90. The Bertz CT molecular complexity index is 2360. The highest BCUT2D eigenvalue weighted by Crippen LogP contribution is 2.58. The smallest absolute Gasteiger partial charge is 0.161 e. The van der Waals surface area contributed by atoms with Crippen LogP contribution >= 0.6 is 0 Å². The van der Waals surface area contributed by atoms with E-state index >= 15 is 0 Å². The monoisotopic (exact) mass is 589 g/mol. The van der Waals surface area contributed by atoms with Gasteiger partial charge in [0.1, 0.15) is 11.1 Å². The third kappa shape index (κ3) is 3.02. The quantitative estimate of drug-likeness (QED) is 0.225. The first-order chi connectivity index (χ1) is 22.8. The molecule has 0 bridgehead atoms. The zero-order valence-corrected chi connectivity index (χ0v) is 24.8. The Balaban J connectivity index is 1.35. The molecule has 0 unspecified atom stereocenters. The lowest BCUT2D eigenvalue weighted by Crippen LogP contribution is -2.36. The molecule has 0 amide bonds. The van der Waals surface area contributed by atoms with Crippen molar-refractivity contribution in [3.63, 3.8) is 0 Å². The molecule has 0 fully saturated rings. The van der Waals surface area contributed by atoms with Gasteiger partial charge in [-0.1, -0.05) is 121 Å². The van der Waals surface area contributed by atoms with E-state index in [9.17, 15) is 0 Å². The molecule has 8 aromatic rings. The third-order valence-corrected chi connectivity index (χ3v) is 10.2. The van der Waals surface area contributed by atoms with Gasteiger partial charge < -0.3 is 0 Å². The van der Waals surface area contributed by atoms with E-state index < -0.39 is 11.0 Å². The fourth-order valence-electron chi connectivity index (χ4n) is 8.45. The largest absolute Gasteiger partial charge is 0.296 e. The first-order valence-corrected chi connectivity index (χ1v) is 15.6. The van der Waals surface area contributed by atoms with Crippen molar-refractivity contribution in [1.29, 1.82) is 0 Å². The van der Waals surface area contributed by atoms with Gasteiger partial charge in [-0.15, -0.1) is 0 Å². The van der Waals surface area contributed by atoms with E-state index in [4.69, 9.17) is 9.97 Å². The van der Waals surface area contributed by atoms with Crippen molar-refractivity contribution in [2.24, 2.45) is 0 Å². The molecule has 5 aromatic carbocycles. The van der Waals surface area contributed by atoms with Crippen LogP contribution < -0.4 is 0 Å². The van der Waals surface area contributed by atoms with Crippen molar-refractivity contribution in [3.05, 3.63) is 197 Å². The minimum Gasteiger partial charge on any atom is -0.296 e. The highest BCUT2D eigenvalue weighted by molar-refractivity contribution is 5.87. The number of nitrogens with one attached hydrogen (secondary N) is 1. The molecular formula is C41H27N5. The summed E-state index contributed by atoms with van der Waals surface area (Å²) in [6, 6.07) is 50.4. The molecule has 2 aliphatic carbocycles. The second kappa shape index (κ2) is 9.22. The molecule has 5 nitrogen and oxygen atoms in total. The van der Waals surface area contributed by atoms with Gasteiger partial charge in [-0.05, 0) is 73.8 Å². The summed E-state index contributed by atoms with van der Waals surface area (Å²) in [6.07, 6.45) is 5.68. The summed E-state index contributed by atoms with van der Waals surface area (Å²) < 4.78 is 2.28. The van der Waals surface area contributed by atoms with Crippen LogP contribution in [0.3, 0.4) is 0 Å². The summed E-state index contributed by atoms with van der Waals surface area (Å²) in [5.74, 6) is 0. The Hall–Kier alpha value is -6.07. The number of benzene rings is 5. The number of imidazole rings is 1. The number of rotatable bonds is 4. The number of hydrogen-bond acceptors (Lipinski definition) is 3. The zero-order valence-electron chi connectivity index (χ0n) is 24.8. The summed E-state index contributed by atoms with van der Waals surface area (Å²) in [4.78, 5) is 9.78. The maximum Gasteiger partial charge on any atom is 0.161 e. The minimum absolute atomic E-state index is 0.590. The summed E-state index contributed by atoms with van der Waals surface area (Å²) in [7, 11) is 0. The van der Waals surface area contributed by atoms with Crippen LogP contribution in [0.4, 0.5) is 0 Å². The zero-order chi connectivity index (χ0) is 30.3. The van der Waals surface area contributed by atoms with Crippen molar-refractivity contribution in [2.75, 3.05) is 0 Å². The number of fused-ring (bicyclic) bond motifs is 7. The maximum absolute atomic E-state index is 4.90. The van der Waals surface area contributed by atoms with Gasteiger partial charge in [0, 0.05) is 12.4 Å². The van der Waals surface area contributed by atoms with Gasteiger partial charge in [0.2, 0.25) is 0 Å². The fraction of sp³-hybridized carbons (Fsp3) is 0.0488. The Morgan fingerprint density at radius 2 is 1.09 bits per heavy atom. The number of H-pyrrole nitrogens is 1. The van der Waals surface area contributed by atoms with Crippen molar-refractivity contribution < 1.29 is 0 Å². The van der Waals surface area contributed by atoms with E-state index in [0.29, 0.717) is 0 Å². The summed E-state index contributed by atoms with van der Waals surface area (Å²) in [5, 5.41) is 7.89. The summed E-state index contributed by atoms with van der Waals surface area (Å²) >= 11 is 0. The average molecular weight is 590 g/mol. The van der Waals surface area contributed by atoms with Crippen molar-refractivity contribution >= 4 is 11.2 Å². The van der Waals surface area contributed by atoms with Gasteiger partial charge in [-0.2, -0.15) is 5.10 Å². The molecule has 3 heterocycles. The molecule has 1 N–H and O–H groups in total. The molecule has 46 heavy (non-hydrogen) atoms. The first kappa shape index (κ1) is 25.3. The van der Waals surface area contributed by atoms with Gasteiger partial charge >= 0.3 is 0 Å². The van der Waals surface area contributed by atoms with Crippen LogP contribution in [0.25, 0.3) is 33.4 Å². The van der Waals surface area contributed by atoms with E-state index in [1.807, 2.05) is 30.9 Å². The lowest BCUT2D eigenvalue weighted by Gasteiger charge is -2.37. The predicted octanol–water partition coefficient (Wildman–Crippen LogP) is 8.34. The molecule has 5 heteroatoms. The van der Waals surface area contributed by atoms with Crippen molar-refractivity contribution in [2.45, 2.75) is 11.0 Å². The number of nitrogens with zero attached hydrogens (tertiary/aromatic N) is 4. The van der Waals surface area contributed by atoms with Crippen molar-refractivity contribution in [1.82, 2.24) is 24.7 Å². The van der Waals surface area contributed by atoms with Gasteiger partial charge in [0.25, 0.3) is 0 Å². The molecular weight excluding hydrogens is 562 g/mol. The number of pyridine rings is 1. The molecule has 3 aromatic heterocycles. The molecule has 0 spiro atoms. The average Bonchev–Trinajstić information content (AvgIpc) is 3.92. The third-order valence-electron chi connectivity index (χ3n) is 10.2.